The lowest BCUT2D eigenvalue weighted by Crippen LogP contribution is -2.41. The summed E-state index contributed by atoms with van der Waals surface area (Å²) in [5.74, 6) is 1.19. The van der Waals surface area contributed by atoms with Crippen molar-refractivity contribution in [1.82, 2.24) is 20.1 Å². The molecule has 4 rings (SSSR count). The molecule has 2 aromatic rings. The number of carbonyl (C=O) groups is 1. The minimum absolute atomic E-state index is 0.167. The number of ether oxygens (including phenoxy) is 1. The molecule has 7 heteroatoms. The van der Waals surface area contributed by atoms with Gasteiger partial charge >= 0.3 is 0 Å². The van der Waals surface area contributed by atoms with Crippen LogP contribution in [0.15, 0.2) is 41.0 Å². The summed E-state index contributed by atoms with van der Waals surface area (Å²) in [4.78, 5) is 21.4. The van der Waals surface area contributed by atoms with E-state index in [9.17, 15) is 4.79 Å². The van der Waals surface area contributed by atoms with Crippen LogP contribution in [0, 0.1) is 5.92 Å². The van der Waals surface area contributed by atoms with E-state index in [-0.39, 0.29) is 5.91 Å². The van der Waals surface area contributed by atoms with Gasteiger partial charge in [0.25, 0.3) is 5.91 Å². The van der Waals surface area contributed by atoms with Gasteiger partial charge < -0.3 is 14.5 Å². The molecule has 0 bridgehead atoms. The fourth-order valence-electron chi connectivity index (χ4n) is 4.22. The molecule has 0 unspecified atom stereocenters. The topological polar surface area (TPSA) is 70.8 Å². The Balaban J connectivity index is 1.17. The number of amides is 1. The lowest BCUT2D eigenvalue weighted by molar-refractivity contribution is 0.0383. The highest BCUT2D eigenvalue weighted by Crippen LogP contribution is 2.22. The van der Waals surface area contributed by atoms with Gasteiger partial charge in [-0.2, -0.15) is 0 Å². The average molecular weight is 413 g/mol. The zero-order chi connectivity index (χ0) is 20.6. The maximum Gasteiger partial charge on any atom is 0.273 e. The third kappa shape index (κ3) is 6.14. The second-order valence-corrected chi connectivity index (χ2v) is 8.25. The number of piperidine rings is 1. The third-order valence-electron chi connectivity index (χ3n) is 6.03. The summed E-state index contributed by atoms with van der Waals surface area (Å²) in [5, 5.41) is 2.93. The van der Waals surface area contributed by atoms with Crippen molar-refractivity contribution in [3.8, 4) is 0 Å². The zero-order valence-electron chi connectivity index (χ0n) is 17.6. The van der Waals surface area contributed by atoms with Crippen LogP contribution in [-0.2, 0) is 17.7 Å². The van der Waals surface area contributed by atoms with Crippen LogP contribution in [0.1, 0.15) is 34.8 Å². The summed E-state index contributed by atoms with van der Waals surface area (Å²) < 4.78 is 10.9. The molecule has 7 nitrogen and oxygen atoms in total. The number of oxazole rings is 1. The van der Waals surface area contributed by atoms with Gasteiger partial charge in [-0.3, -0.25) is 14.6 Å². The molecule has 0 saturated carbocycles. The summed E-state index contributed by atoms with van der Waals surface area (Å²) in [6.45, 7) is 7.57. The molecular weight excluding hydrogens is 380 g/mol. The maximum absolute atomic E-state index is 12.3. The van der Waals surface area contributed by atoms with Crippen molar-refractivity contribution < 1.29 is 13.9 Å². The molecule has 0 radical (unpaired) electrons. The van der Waals surface area contributed by atoms with Gasteiger partial charge in [0.15, 0.2) is 5.69 Å². The fourth-order valence-corrected chi connectivity index (χ4v) is 4.22. The van der Waals surface area contributed by atoms with Crippen LogP contribution in [0.4, 0.5) is 0 Å². The first-order chi connectivity index (χ1) is 14.8. The molecule has 0 spiro atoms. The van der Waals surface area contributed by atoms with E-state index in [1.54, 1.807) is 0 Å². The van der Waals surface area contributed by atoms with Gasteiger partial charge in [0.1, 0.15) is 6.26 Å². The molecule has 2 aliphatic heterocycles. The Morgan fingerprint density at radius 3 is 2.60 bits per heavy atom. The molecule has 2 fully saturated rings. The van der Waals surface area contributed by atoms with E-state index in [0.29, 0.717) is 24.7 Å². The van der Waals surface area contributed by atoms with Crippen LogP contribution in [0.3, 0.4) is 0 Å². The number of hydrogen-bond donors (Lipinski definition) is 1. The Bertz CT molecular complexity index is 781. The second-order valence-electron chi connectivity index (χ2n) is 8.25. The Hall–Kier alpha value is -2.22. The van der Waals surface area contributed by atoms with Gasteiger partial charge in [0, 0.05) is 26.2 Å². The number of hydrogen-bond acceptors (Lipinski definition) is 6. The molecule has 1 aromatic carbocycles. The van der Waals surface area contributed by atoms with E-state index in [4.69, 9.17) is 9.15 Å². The van der Waals surface area contributed by atoms with Gasteiger partial charge in [0.05, 0.1) is 19.8 Å². The highest BCUT2D eigenvalue weighted by molar-refractivity contribution is 5.91. The van der Waals surface area contributed by atoms with E-state index in [1.165, 1.54) is 24.7 Å². The Morgan fingerprint density at radius 1 is 1.07 bits per heavy atom. The number of benzene rings is 1. The van der Waals surface area contributed by atoms with Crippen LogP contribution in [0.5, 0.6) is 0 Å². The number of nitrogens with one attached hydrogen (secondary N) is 1. The van der Waals surface area contributed by atoms with Crippen molar-refractivity contribution in [1.29, 1.82) is 0 Å². The monoisotopic (exact) mass is 412 g/mol. The predicted molar refractivity (Wildman–Crippen MR) is 114 cm³/mol. The average Bonchev–Trinajstić information content (AvgIpc) is 3.25. The first-order valence-electron chi connectivity index (χ1n) is 11.1. The van der Waals surface area contributed by atoms with E-state index in [1.807, 2.05) is 0 Å². The minimum Gasteiger partial charge on any atom is -0.447 e. The molecule has 0 atom stereocenters. The van der Waals surface area contributed by atoms with Crippen molar-refractivity contribution in [2.75, 3.05) is 52.5 Å². The molecule has 1 aromatic heterocycles. The molecule has 3 heterocycles. The normalized spacial score (nSPS) is 19.1. The lowest BCUT2D eigenvalue weighted by Gasteiger charge is -2.31. The number of rotatable bonds is 8. The van der Waals surface area contributed by atoms with Crippen LogP contribution in [-0.4, -0.2) is 73.2 Å². The van der Waals surface area contributed by atoms with Gasteiger partial charge in [-0.1, -0.05) is 30.3 Å². The Morgan fingerprint density at radius 2 is 1.83 bits per heavy atom. The number of nitrogens with zero attached hydrogens (tertiary/aromatic N) is 3. The van der Waals surface area contributed by atoms with Crippen molar-refractivity contribution in [2.24, 2.45) is 5.92 Å². The van der Waals surface area contributed by atoms with Crippen LogP contribution >= 0.6 is 0 Å². The Kier molecular flexibility index (Phi) is 7.50. The number of carbonyl (C=O) groups excluding carboxylic acids is 1. The SMILES string of the molecule is O=C(NCCN1CCOCC1)c1coc(CN2CCC(Cc3ccccc3)CC2)n1. The Labute approximate surface area is 178 Å². The number of likely N-dealkylation sites (tertiary alicyclic amines) is 1. The molecule has 2 aliphatic rings. The zero-order valence-corrected chi connectivity index (χ0v) is 17.6. The lowest BCUT2D eigenvalue weighted by atomic mass is 9.90. The largest absolute Gasteiger partial charge is 0.447 e. The van der Waals surface area contributed by atoms with Crippen molar-refractivity contribution in [3.63, 3.8) is 0 Å². The number of aromatic nitrogens is 1. The second kappa shape index (κ2) is 10.7. The van der Waals surface area contributed by atoms with Crippen LogP contribution in [0.2, 0.25) is 0 Å². The smallest absolute Gasteiger partial charge is 0.273 e. The molecule has 162 valence electrons. The van der Waals surface area contributed by atoms with Gasteiger partial charge in [-0.15, -0.1) is 0 Å². The quantitative estimate of drug-likeness (QED) is 0.717. The van der Waals surface area contributed by atoms with Crippen molar-refractivity contribution in [3.05, 3.63) is 53.7 Å². The summed E-state index contributed by atoms with van der Waals surface area (Å²) >= 11 is 0. The van der Waals surface area contributed by atoms with Gasteiger partial charge in [-0.05, 0) is 43.8 Å². The predicted octanol–water partition coefficient (Wildman–Crippen LogP) is 2.19. The summed E-state index contributed by atoms with van der Waals surface area (Å²) in [6, 6.07) is 10.7. The molecule has 1 N–H and O–H groups in total. The molecular formula is C23H32N4O3. The van der Waals surface area contributed by atoms with E-state index in [2.05, 4.69) is 50.4 Å². The first kappa shape index (κ1) is 21.0. The minimum atomic E-state index is -0.167. The van der Waals surface area contributed by atoms with E-state index < -0.39 is 0 Å². The highest BCUT2D eigenvalue weighted by atomic mass is 16.5. The highest BCUT2D eigenvalue weighted by Gasteiger charge is 2.21. The van der Waals surface area contributed by atoms with Crippen molar-refractivity contribution in [2.45, 2.75) is 25.8 Å². The first-order valence-corrected chi connectivity index (χ1v) is 11.1. The third-order valence-corrected chi connectivity index (χ3v) is 6.03. The molecule has 2 saturated heterocycles. The van der Waals surface area contributed by atoms with Gasteiger partial charge in [0.2, 0.25) is 5.89 Å². The van der Waals surface area contributed by atoms with Crippen LogP contribution in [0.25, 0.3) is 0 Å². The maximum atomic E-state index is 12.3. The van der Waals surface area contributed by atoms with E-state index in [0.717, 1.165) is 58.3 Å². The summed E-state index contributed by atoms with van der Waals surface area (Å²) in [5.41, 5.74) is 1.79. The van der Waals surface area contributed by atoms with Crippen LogP contribution < -0.4 is 5.32 Å². The van der Waals surface area contributed by atoms with Crippen molar-refractivity contribution >= 4 is 5.91 Å². The molecule has 0 aliphatic carbocycles. The summed E-state index contributed by atoms with van der Waals surface area (Å²) in [7, 11) is 0. The molecule has 30 heavy (non-hydrogen) atoms. The number of morpholine rings is 1. The van der Waals surface area contributed by atoms with Gasteiger partial charge in [-0.25, -0.2) is 4.98 Å². The molecule has 1 amide bonds. The van der Waals surface area contributed by atoms with E-state index >= 15 is 0 Å². The summed E-state index contributed by atoms with van der Waals surface area (Å²) in [6.07, 6.45) is 5.00. The standard InChI is InChI=1S/C23H32N4O3/c28-23(24-8-11-26-12-14-29-15-13-26)21-18-30-22(25-21)17-27-9-6-20(7-10-27)16-19-4-2-1-3-5-19/h1-5,18,20H,6-17H2,(H,24,28). The fraction of sp³-hybridized carbons (Fsp3) is 0.565.